The summed E-state index contributed by atoms with van der Waals surface area (Å²) in [7, 11) is 0. The van der Waals surface area contributed by atoms with E-state index in [9.17, 15) is 14.4 Å². The fourth-order valence-electron chi connectivity index (χ4n) is 3.21. The molecule has 8 nitrogen and oxygen atoms in total. The fraction of sp³-hybridized carbons (Fsp3) is 0.227. The van der Waals surface area contributed by atoms with Crippen LogP contribution in [0, 0.1) is 0 Å². The van der Waals surface area contributed by atoms with Crippen LogP contribution in [0.2, 0.25) is 0 Å². The Hall–Kier alpha value is -3.59. The number of amides is 3. The molecule has 0 saturated carbocycles. The molecule has 9 heteroatoms. The summed E-state index contributed by atoms with van der Waals surface area (Å²) in [5.74, 6) is 0.239. The molecule has 0 bridgehead atoms. The summed E-state index contributed by atoms with van der Waals surface area (Å²) in [4.78, 5) is 41.9. The second-order valence-electron chi connectivity index (χ2n) is 6.92. The normalized spacial score (nSPS) is 12.8. The van der Waals surface area contributed by atoms with Crippen LogP contribution >= 0.6 is 11.3 Å². The van der Waals surface area contributed by atoms with Gasteiger partial charge in [0.1, 0.15) is 18.1 Å². The maximum absolute atomic E-state index is 13.2. The van der Waals surface area contributed by atoms with E-state index in [0.717, 1.165) is 4.88 Å². The number of nitrogens with one attached hydrogen (secondary N) is 1. The smallest absolute Gasteiger partial charge is 0.265 e. The van der Waals surface area contributed by atoms with Crippen LogP contribution < -0.4 is 15.0 Å². The number of rotatable bonds is 8. The van der Waals surface area contributed by atoms with Gasteiger partial charge in [-0.15, -0.1) is 11.3 Å². The van der Waals surface area contributed by atoms with Crippen molar-refractivity contribution in [3.05, 3.63) is 70.8 Å². The van der Waals surface area contributed by atoms with E-state index in [4.69, 9.17) is 9.15 Å². The lowest BCUT2D eigenvalue weighted by Gasteiger charge is -2.31. The van der Waals surface area contributed by atoms with Crippen LogP contribution in [-0.4, -0.2) is 42.3 Å². The standard InChI is InChI=1S/C22H21N3O5S/c26-20(23-11-16-5-3-9-29-16)13-24(12-17-6-4-10-31-17)21(27)14-25-18-7-1-2-8-19(18)30-15-22(25)28/h1-10H,11-15H2,(H,23,26). The summed E-state index contributed by atoms with van der Waals surface area (Å²) in [5, 5.41) is 4.67. The predicted molar refractivity (Wildman–Crippen MR) is 115 cm³/mol. The maximum Gasteiger partial charge on any atom is 0.265 e. The number of carbonyl (C=O) groups is 3. The highest BCUT2D eigenvalue weighted by molar-refractivity contribution is 7.09. The summed E-state index contributed by atoms with van der Waals surface area (Å²) in [6, 6.07) is 14.4. The molecule has 1 aliphatic rings. The molecule has 0 atom stereocenters. The fourth-order valence-corrected chi connectivity index (χ4v) is 3.93. The van der Waals surface area contributed by atoms with Gasteiger partial charge in [0.15, 0.2) is 6.61 Å². The zero-order valence-electron chi connectivity index (χ0n) is 16.7. The third-order valence-electron chi connectivity index (χ3n) is 4.76. The van der Waals surface area contributed by atoms with Gasteiger partial charge in [0.05, 0.1) is 31.6 Å². The van der Waals surface area contributed by atoms with Crippen LogP contribution in [0.4, 0.5) is 5.69 Å². The van der Waals surface area contributed by atoms with E-state index in [1.54, 1.807) is 36.4 Å². The van der Waals surface area contributed by atoms with Crippen molar-refractivity contribution in [1.29, 1.82) is 0 Å². The molecule has 3 aromatic rings. The summed E-state index contributed by atoms with van der Waals surface area (Å²) in [6.07, 6.45) is 1.53. The van der Waals surface area contributed by atoms with Crippen LogP contribution in [0.25, 0.3) is 0 Å². The van der Waals surface area contributed by atoms with Crippen molar-refractivity contribution in [2.45, 2.75) is 13.1 Å². The van der Waals surface area contributed by atoms with Gasteiger partial charge in [-0.3, -0.25) is 19.3 Å². The van der Waals surface area contributed by atoms with Gasteiger partial charge >= 0.3 is 0 Å². The van der Waals surface area contributed by atoms with E-state index in [1.807, 2.05) is 17.5 Å². The first-order valence-electron chi connectivity index (χ1n) is 9.71. The molecular weight excluding hydrogens is 418 g/mol. The zero-order valence-corrected chi connectivity index (χ0v) is 17.5. The third kappa shape index (κ3) is 5.13. The molecule has 0 fully saturated rings. The number of furan rings is 1. The monoisotopic (exact) mass is 439 g/mol. The summed E-state index contributed by atoms with van der Waals surface area (Å²) in [5.41, 5.74) is 0.547. The van der Waals surface area contributed by atoms with Gasteiger partial charge in [0, 0.05) is 4.88 Å². The molecule has 0 spiro atoms. The Morgan fingerprint density at radius 1 is 1.13 bits per heavy atom. The molecule has 3 amide bonds. The molecule has 1 N–H and O–H groups in total. The number of benzene rings is 1. The highest BCUT2D eigenvalue weighted by Crippen LogP contribution is 2.31. The van der Waals surface area contributed by atoms with Crippen molar-refractivity contribution in [1.82, 2.24) is 10.2 Å². The average molecular weight is 439 g/mol. The Labute approximate surface area is 183 Å². The van der Waals surface area contributed by atoms with Crippen molar-refractivity contribution in [3.63, 3.8) is 0 Å². The molecule has 3 heterocycles. The first-order valence-corrected chi connectivity index (χ1v) is 10.6. The average Bonchev–Trinajstić information content (AvgIpc) is 3.48. The van der Waals surface area contributed by atoms with Gasteiger partial charge in [-0.05, 0) is 35.7 Å². The molecular formula is C22H21N3O5S. The quantitative estimate of drug-likeness (QED) is 0.582. The Bertz CT molecular complexity index is 1050. The summed E-state index contributed by atoms with van der Waals surface area (Å²) in [6.45, 7) is 0.0968. The molecule has 4 rings (SSSR count). The van der Waals surface area contributed by atoms with Crippen molar-refractivity contribution in [2.24, 2.45) is 0 Å². The minimum atomic E-state index is -0.327. The number of anilines is 1. The number of fused-ring (bicyclic) bond motifs is 1. The number of thiophene rings is 1. The van der Waals surface area contributed by atoms with Gasteiger partial charge < -0.3 is 19.4 Å². The predicted octanol–water partition coefficient (Wildman–Crippen LogP) is 2.41. The molecule has 31 heavy (non-hydrogen) atoms. The van der Waals surface area contributed by atoms with E-state index < -0.39 is 0 Å². The van der Waals surface area contributed by atoms with Crippen molar-refractivity contribution in [2.75, 3.05) is 24.6 Å². The minimum absolute atomic E-state index is 0.126. The van der Waals surface area contributed by atoms with Crippen LogP contribution in [-0.2, 0) is 27.5 Å². The van der Waals surface area contributed by atoms with Crippen LogP contribution in [0.15, 0.2) is 64.6 Å². The zero-order chi connectivity index (χ0) is 21.6. The first kappa shape index (κ1) is 20.7. The Morgan fingerprint density at radius 3 is 2.77 bits per heavy atom. The van der Waals surface area contributed by atoms with Crippen molar-refractivity contribution < 1.29 is 23.5 Å². The number of para-hydroxylation sites is 2. The highest BCUT2D eigenvalue weighted by Gasteiger charge is 2.29. The lowest BCUT2D eigenvalue weighted by molar-refractivity contribution is -0.136. The van der Waals surface area contributed by atoms with Gasteiger partial charge in [0.2, 0.25) is 11.8 Å². The molecule has 1 aromatic carbocycles. The number of carbonyl (C=O) groups excluding carboxylic acids is 3. The molecule has 0 aliphatic carbocycles. The Balaban J connectivity index is 1.46. The second-order valence-corrected chi connectivity index (χ2v) is 7.95. The van der Waals surface area contributed by atoms with Crippen LogP contribution in [0.3, 0.4) is 0 Å². The summed E-state index contributed by atoms with van der Waals surface area (Å²) >= 11 is 1.50. The maximum atomic E-state index is 13.2. The molecule has 1 aliphatic heterocycles. The lowest BCUT2D eigenvalue weighted by atomic mass is 10.2. The van der Waals surface area contributed by atoms with Gasteiger partial charge in [-0.1, -0.05) is 18.2 Å². The molecule has 0 unspecified atom stereocenters. The van der Waals surface area contributed by atoms with Gasteiger partial charge in [0.25, 0.3) is 5.91 Å². The molecule has 160 valence electrons. The van der Waals surface area contributed by atoms with E-state index in [2.05, 4.69) is 5.32 Å². The van der Waals surface area contributed by atoms with Crippen molar-refractivity contribution in [3.8, 4) is 5.75 Å². The van der Waals surface area contributed by atoms with E-state index in [-0.39, 0.29) is 50.5 Å². The SMILES string of the molecule is O=C(CN(Cc1cccs1)C(=O)CN1C(=O)COc2ccccc21)NCc1ccco1. The Morgan fingerprint density at radius 2 is 2.00 bits per heavy atom. The number of hydrogen-bond acceptors (Lipinski definition) is 6. The van der Waals surface area contributed by atoms with Crippen LogP contribution in [0.1, 0.15) is 10.6 Å². The number of hydrogen-bond donors (Lipinski definition) is 1. The first-order chi connectivity index (χ1) is 15.1. The Kier molecular flexibility index (Phi) is 6.32. The summed E-state index contributed by atoms with van der Waals surface area (Å²) < 4.78 is 10.7. The third-order valence-corrected chi connectivity index (χ3v) is 5.62. The molecule has 0 radical (unpaired) electrons. The number of ether oxygens (including phenoxy) is 1. The topological polar surface area (TPSA) is 92.1 Å². The number of nitrogens with zero attached hydrogens (tertiary/aromatic N) is 2. The minimum Gasteiger partial charge on any atom is -0.482 e. The van der Waals surface area contributed by atoms with Crippen molar-refractivity contribution >= 4 is 34.7 Å². The molecule has 0 saturated heterocycles. The molecule has 2 aromatic heterocycles. The van der Waals surface area contributed by atoms with Crippen LogP contribution in [0.5, 0.6) is 5.75 Å². The van der Waals surface area contributed by atoms with E-state index in [1.165, 1.54) is 27.4 Å². The largest absolute Gasteiger partial charge is 0.482 e. The van der Waals surface area contributed by atoms with Gasteiger partial charge in [-0.2, -0.15) is 0 Å². The van der Waals surface area contributed by atoms with E-state index in [0.29, 0.717) is 17.2 Å². The second kappa shape index (κ2) is 9.48. The lowest BCUT2D eigenvalue weighted by Crippen LogP contribution is -2.48. The highest BCUT2D eigenvalue weighted by atomic mass is 32.1. The van der Waals surface area contributed by atoms with E-state index >= 15 is 0 Å². The van der Waals surface area contributed by atoms with Gasteiger partial charge in [-0.25, -0.2) is 0 Å².